The Morgan fingerprint density at radius 3 is 2.75 bits per heavy atom. The average molecular weight is 167 g/mol. The molecule has 1 aromatic heterocycles. The molecule has 0 atom stereocenters. The second-order valence-corrected chi connectivity index (χ2v) is 2.92. The fourth-order valence-electron chi connectivity index (χ4n) is 1.02. The third-order valence-electron chi connectivity index (χ3n) is 1.45. The van der Waals surface area contributed by atoms with E-state index in [1.54, 1.807) is 4.68 Å². The Kier molecular flexibility index (Phi) is 2.42. The van der Waals surface area contributed by atoms with Gasteiger partial charge in [0.15, 0.2) is 0 Å². The molecule has 0 aliphatic heterocycles. The fraction of sp³-hybridized carbons (Fsp3) is 0.571. The Bertz CT molecular complexity index is 277. The number of tetrazole rings is 1. The van der Waals surface area contributed by atoms with Gasteiger partial charge >= 0.3 is 0 Å². The summed E-state index contributed by atoms with van der Waals surface area (Å²) >= 11 is 0. The van der Waals surface area contributed by atoms with Crippen LogP contribution >= 0.6 is 0 Å². The highest BCUT2D eigenvalue weighted by Crippen LogP contribution is 2.04. The first-order chi connectivity index (χ1) is 5.61. The molecule has 1 aromatic rings. The van der Waals surface area contributed by atoms with E-state index in [0.29, 0.717) is 0 Å². The molecule has 1 heterocycles. The van der Waals surface area contributed by atoms with Crippen molar-refractivity contribution < 1.29 is 0 Å². The van der Waals surface area contributed by atoms with Crippen molar-refractivity contribution in [1.82, 2.24) is 20.2 Å². The van der Waals surface area contributed by atoms with Gasteiger partial charge in [-0.25, -0.2) is 4.68 Å². The first-order valence-corrected chi connectivity index (χ1v) is 3.69. The number of nitrogens with zero attached hydrogens (tertiary/aromatic N) is 5. The van der Waals surface area contributed by atoms with E-state index < -0.39 is 0 Å². The lowest BCUT2D eigenvalue weighted by molar-refractivity contribution is 0.701. The smallest absolute Gasteiger partial charge is 0.245 e. The topological polar surface area (TPSA) is 46.8 Å². The Hall–Kier alpha value is -1.39. The van der Waals surface area contributed by atoms with Gasteiger partial charge in [-0.15, -0.1) is 0 Å². The molecule has 66 valence electrons. The monoisotopic (exact) mass is 167 g/mol. The van der Waals surface area contributed by atoms with Crippen molar-refractivity contribution in [2.75, 3.05) is 18.5 Å². The van der Waals surface area contributed by atoms with Gasteiger partial charge in [-0.3, -0.25) is 0 Å². The Labute approximate surface area is 71.7 Å². The lowest BCUT2D eigenvalue weighted by atomic mass is 10.3. The van der Waals surface area contributed by atoms with E-state index in [1.165, 1.54) is 0 Å². The highest BCUT2D eigenvalue weighted by molar-refractivity contribution is 5.28. The van der Waals surface area contributed by atoms with Crippen LogP contribution in [-0.4, -0.2) is 33.8 Å². The number of anilines is 1. The summed E-state index contributed by atoms with van der Waals surface area (Å²) in [6, 6.07) is 0. The third kappa shape index (κ3) is 1.81. The van der Waals surface area contributed by atoms with Gasteiger partial charge in [0, 0.05) is 20.6 Å². The zero-order valence-electron chi connectivity index (χ0n) is 7.65. The van der Waals surface area contributed by atoms with Gasteiger partial charge in [0.1, 0.15) is 0 Å². The standard InChI is InChI=1S/C7H13N5/c1-6(2)5-11(3)7-8-9-10-12(7)4/h1,5H2,2-4H3. The molecular weight excluding hydrogens is 154 g/mol. The van der Waals surface area contributed by atoms with Crippen molar-refractivity contribution >= 4 is 5.95 Å². The van der Waals surface area contributed by atoms with Crippen molar-refractivity contribution in [1.29, 1.82) is 0 Å². The highest BCUT2D eigenvalue weighted by atomic mass is 15.6. The molecule has 0 aliphatic rings. The minimum Gasteiger partial charge on any atom is -0.339 e. The summed E-state index contributed by atoms with van der Waals surface area (Å²) < 4.78 is 1.63. The van der Waals surface area contributed by atoms with E-state index in [-0.39, 0.29) is 0 Å². The van der Waals surface area contributed by atoms with Crippen LogP contribution in [0.2, 0.25) is 0 Å². The number of hydrogen-bond acceptors (Lipinski definition) is 4. The number of hydrogen-bond donors (Lipinski definition) is 0. The van der Waals surface area contributed by atoms with E-state index in [4.69, 9.17) is 0 Å². The molecular formula is C7H13N5. The van der Waals surface area contributed by atoms with Crippen molar-refractivity contribution in [3.05, 3.63) is 12.2 Å². The lowest BCUT2D eigenvalue weighted by Gasteiger charge is -2.15. The highest BCUT2D eigenvalue weighted by Gasteiger charge is 2.06. The molecule has 0 bridgehead atoms. The molecule has 0 aliphatic carbocycles. The maximum atomic E-state index is 3.86. The molecule has 0 unspecified atom stereocenters. The summed E-state index contributed by atoms with van der Waals surface area (Å²) in [7, 11) is 3.74. The van der Waals surface area contributed by atoms with Gasteiger partial charge in [-0.05, 0) is 17.4 Å². The summed E-state index contributed by atoms with van der Waals surface area (Å²) in [6.45, 7) is 6.56. The molecule has 0 N–H and O–H groups in total. The molecule has 0 spiro atoms. The second kappa shape index (κ2) is 3.34. The summed E-state index contributed by atoms with van der Waals surface area (Å²) in [5.41, 5.74) is 1.08. The van der Waals surface area contributed by atoms with E-state index in [0.717, 1.165) is 18.1 Å². The van der Waals surface area contributed by atoms with Gasteiger partial charge in [0.25, 0.3) is 0 Å². The van der Waals surface area contributed by atoms with Crippen molar-refractivity contribution in [2.45, 2.75) is 6.92 Å². The van der Waals surface area contributed by atoms with Crippen LogP contribution < -0.4 is 4.90 Å². The van der Waals surface area contributed by atoms with Crippen molar-refractivity contribution in [3.8, 4) is 0 Å². The van der Waals surface area contributed by atoms with Crippen LogP contribution in [0, 0.1) is 0 Å². The van der Waals surface area contributed by atoms with Gasteiger partial charge in [-0.2, -0.15) is 0 Å². The molecule has 5 nitrogen and oxygen atoms in total. The van der Waals surface area contributed by atoms with Crippen LogP contribution in [0.3, 0.4) is 0 Å². The molecule has 0 aromatic carbocycles. The van der Waals surface area contributed by atoms with Crippen LogP contribution in [0.5, 0.6) is 0 Å². The van der Waals surface area contributed by atoms with Crippen molar-refractivity contribution in [2.24, 2.45) is 7.05 Å². The molecule has 0 radical (unpaired) electrons. The van der Waals surface area contributed by atoms with Crippen LogP contribution in [0.4, 0.5) is 5.95 Å². The Morgan fingerprint density at radius 2 is 2.33 bits per heavy atom. The molecule has 0 fully saturated rings. The normalized spacial score (nSPS) is 9.92. The average Bonchev–Trinajstić information content (AvgIpc) is 2.33. The maximum absolute atomic E-state index is 3.86. The van der Waals surface area contributed by atoms with E-state index in [1.807, 2.05) is 25.9 Å². The fourth-order valence-corrected chi connectivity index (χ4v) is 1.02. The summed E-state index contributed by atoms with van der Waals surface area (Å²) in [5.74, 6) is 0.748. The predicted octanol–water partition coefficient (Wildman–Crippen LogP) is 0.222. The Morgan fingerprint density at radius 1 is 1.67 bits per heavy atom. The van der Waals surface area contributed by atoms with Gasteiger partial charge < -0.3 is 4.90 Å². The molecule has 12 heavy (non-hydrogen) atoms. The van der Waals surface area contributed by atoms with Gasteiger partial charge in [-0.1, -0.05) is 17.3 Å². The molecule has 0 saturated heterocycles. The van der Waals surface area contributed by atoms with E-state index in [9.17, 15) is 0 Å². The number of likely N-dealkylation sites (N-methyl/N-ethyl adjacent to an activating group) is 1. The van der Waals surface area contributed by atoms with Gasteiger partial charge in [0.05, 0.1) is 0 Å². The molecule has 0 saturated carbocycles. The molecule has 0 amide bonds. The molecule has 5 heteroatoms. The van der Waals surface area contributed by atoms with E-state index in [2.05, 4.69) is 22.1 Å². The lowest BCUT2D eigenvalue weighted by Crippen LogP contribution is -2.22. The first-order valence-electron chi connectivity index (χ1n) is 3.69. The predicted molar refractivity (Wildman–Crippen MR) is 46.9 cm³/mol. The number of rotatable bonds is 3. The van der Waals surface area contributed by atoms with Crippen LogP contribution in [0.25, 0.3) is 0 Å². The maximum Gasteiger partial charge on any atom is 0.245 e. The second-order valence-electron chi connectivity index (χ2n) is 2.92. The van der Waals surface area contributed by atoms with E-state index >= 15 is 0 Å². The largest absolute Gasteiger partial charge is 0.339 e. The molecule has 1 rings (SSSR count). The number of aryl methyl sites for hydroxylation is 1. The zero-order chi connectivity index (χ0) is 9.14. The first kappa shape index (κ1) is 8.70. The quantitative estimate of drug-likeness (QED) is 0.604. The summed E-state index contributed by atoms with van der Waals surface area (Å²) in [6.07, 6.45) is 0. The van der Waals surface area contributed by atoms with Crippen LogP contribution in [-0.2, 0) is 7.05 Å². The number of aromatic nitrogens is 4. The summed E-state index contributed by atoms with van der Waals surface area (Å²) in [4.78, 5) is 1.95. The van der Waals surface area contributed by atoms with Crippen LogP contribution in [0.15, 0.2) is 12.2 Å². The minimum atomic E-state index is 0.748. The minimum absolute atomic E-state index is 0.748. The summed E-state index contributed by atoms with van der Waals surface area (Å²) in [5, 5.41) is 11.1. The van der Waals surface area contributed by atoms with Crippen molar-refractivity contribution in [3.63, 3.8) is 0 Å². The van der Waals surface area contributed by atoms with Gasteiger partial charge in [0.2, 0.25) is 5.95 Å². The Balaban J connectivity index is 2.71. The van der Waals surface area contributed by atoms with Crippen LogP contribution in [0.1, 0.15) is 6.92 Å². The third-order valence-corrected chi connectivity index (χ3v) is 1.45. The zero-order valence-corrected chi connectivity index (χ0v) is 7.65. The SMILES string of the molecule is C=C(C)CN(C)c1nnnn1C.